The van der Waals surface area contributed by atoms with E-state index in [1.54, 1.807) is 6.33 Å². The van der Waals surface area contributed by atoms with Crippen LogP contribution in [0.15, 0.2) is 30.6 Å². The molecule has 0 aliphatic rings. The SMILES string of the molecule is Nc1ccc(-c2ncn(CCCCCCO)n2)cc1. The van der Waals surface area contributed by atoms with Crippen LogP contribution in [0.4, 0.5) is 5.69 Å². The van der Waals surface area contributed by atoms with Crippen molar-refractivity contribution in [2.75, 3.05) is 12.3 Å². The van der Waals surface area contributed by atoms with Crippen molar-refractivity contribution in [3.8, 4) is 11.4 Å². The molecule has 1 aromatic heterocycles. The summed E-state index contributed by atoms with van der Waals surface area (Å²) < 4.78 is 1.87. The van der Waals surface area contributed by atoms with E-state index in [2.05, 4.69) is 10.1 Å². The average Bonchev–Trinajstić information content (AvgIpc) is 2.88. The number of aromatic nitrogens is 3. The molecule has 0 amide bonds. The zero-order chi connectivity index (χ0) is 13.5. The highest BCUT2D eigenvalue weighted by Gasteiger charge is 2.03. The minimum atomic E-state index is 0.282. The number of nitrogens with zero attached hydrogens (tertiary/aromatic N) is 3. The number of benzene rings is 1. The summed E-state index contributed by atoms with van der Waals surface area (Å²) in [6, 6.07) is 7.56. The normalized spacial score (nSPS) is 10.8. The van der Waals surface area contributed by atoms with Crippen LogP contribution in [0.3, 0.4) is 0 Å². The maximum absolute atomic E-state index is 8.70. The summed E-state index contributed by atoms with van der Waals surface area (Å²) in [5.41, 5.74) is 7.37. The van der Waals surface area contributed by atoms with Crippen LogP contribution < -0.4 is 5.73 Å². The van der Waals surface area contributed by atoms with Crippen molar-refractivity contribution < 1.29 is 5.11 Å². The van der Waals surface area contributed by atoms with Gasteiger partial charge in [-0.15, -0.1) is 0 Å². The van der Waals surface area contributed by atoms with Crippen LogP contribution in [0.5, 0.6) is 0 Å². The van der Waals surface area contributed by atoms with Crippen molar-refractivity contribution in [3.05, 3.63) is 30.6 Å². The minimum absolute atomic E-state index is 0.282. The highest BCUT2D eigenvalue weighted by Crippen LogP contribution is 2.16. The predicted molar refractivity (Wildman–Crippen MR) is 75.4 cm³/mol. The van der Waals surface area contributed by atoms with Crippen LogP contribution in [-0.2, 0) is 6.54 Å². The Kier molecular flexibility index (Phi) is 4.92. The predicted octanol–water partition coefficient (Wildman–Crippen LogP) is 2.08. The number of nitrogens with two attached hydrogens (primary N) is 1. The number of aliphatic hydroxyl groups excluding tert-OH is 1. The van der Waals surface area contributed by atoms with Gasteiger partial charge < -0.3 is 10.8 Å². The standard InChI is InChI=1S/C14H20N4O/c15-13-7-5-12(6-8-13)14-16-11-18(17-14)9-3-1-2-4-10-19/h5-8,11,19H,1-4,9-10,15H2. The number of hydrogen-bond donors (Lipinski definition) is 2. The van der Waals surface area contributed by atoms with E-state index in [0.717, 1.165) is 49.3 Å². The topological polar surface area (TPSA) is 77.0 Å². The third kappa shape index (κ3) is 4.06. The van der Waals surface area contributed by atoms with Gasteiger partial charge in [-0.1, -0.05) is 12.8 Å². The fraction of sp³-hybridized carbons (Fsp3) is 0.429. The summed E-state index contributed by atoms with van der Waals surface area (Å²) in [7, 11) is 0. The van der Waals surface area contributed by atoms with Gasteiger partial charge in [0.15, 0.2) is 5.82 Å². The van der Waals surface area contributed by atoms with Crippen LogP contribution in [0.1, 0.15) is 25.7 Å². The molecule has 3 N–H and O–H groups in total. The molecule has 0 atom stereocenters. The van der Waals surface area contributed by atoms with E-state index in [1.165, 1.54) is 0 Å². The lowest BCUT2D eigenvalue weighted by atomic mass is 10.2. The number of aryl methyl sites for hydroxylation is 1. The Bertz CT molecular complexity index is 492. The Morgan fingerprint density at radius 1 is 1.05 bits per heavy atom. The van der Waals surface area contributed by atoms with Crippen molar-refractivity contribution in [1.29, 1.82) is 0 Å². The largest absolute Gasteiger partial charge is 0.399 e. The zero-order valence-corrected chi connectivity index (χ0v) is 11.0. The molecule has 5 heteroatoms. The number of hydrogen-bond acceptors (Lipinski definition) is 4. The molecule has 2 rings (SSSR count). The number of unbranched alkanes of at least 4 members (excludes halogenated alkanes) is 3. The molecule has 0 saturated carbocycles. The van der Waals surface area contributed by atoms with E-state index in [9.17, 15) is 0 Å². The van der Waals surface area contributed by atoms with Gasteiger partial charge in [0.1, 0.15) is 6.33 Å². The number of rotatable bonds is 7. The van der Waals surface area contributed by atoms with Crippen molar-refractivity contribution in [2.24, 2.45) is 0 Å². The van der Waals surface area contributed by atoms with Crippen LogP contribution in [0, 0.1) is 0 Å². The van der Waals surface area contributed by atoms with E-state index in [-0.39, 0.29) is 6.61 Å². The molecule has 0 aliphatic carbocycles. The van der Waals surface area contributed by atoms with Crippen LogP contribution >= 0.6 is 0 Å². The van der Waals surface area contributed by atoms with Crippen molar-refractivity contribution in [3.63, 3.8) is 0 Å². The molecule has 0 saturated heterocycles. The maximum Gasteiger partial charge on any atom is 0.181 e. The Hall–Kier alpha value is -1.88. The molecule has 5 nitrogen and oxygen atoms in total. The first-order chi connectivity index (χ1) is 9.29. The molecule has 102 valence electrons. The molecule has 0 spiro atoms. The Morgan fingerprint density at radius 3 is 2.53 bits per heavy atom. The maximum atomic E-state index is 8.70. The van der Waals surface area contributed by atoms with Crippen LogP contribution in [0.25, 0.3) is 11.4 Å². The average molecular weight is 260 g/mol. The van der Waals surface area contributed by atoms with Crippen LogP contribution in [-0.4, -0.2) is 26.5 Å². The molecule has 1 aromatic carbocycles. The number of anilines is 1. The Morgan fingerprint density at radius 2 is 1.79 bits per heavy atom. The van der Waals surface area contributed by atoms with Gasteiger partial charge in [0.05, 0.1) is 0 Å². The second-order valence-corrected chi connectivity index (χ2v) is 4.59. The number of nitrogen functional groups attached to an aromatic ring is 1. The zero-order valence-electron chi connectivity index (χ0n) is 11.0. The molecule has 1 heterocycles. The highest BCUT2D eigenvalue weighted by molar-refractivity contribution is 5.57. The van der Waals surface area contributed by atoms with Crippen molar-refractivity contribution in [1.82, 2.24) is 14.8 Å². The number of aliphatic hydroxyl groups is 1. The fourth-order valence-electron chi connectivity index (χ4n) is 1.91. The molecular weight excluding hydrogens is 240 g/mol. The second-order valence-electron chi connectivity index (χ2n) is 4.59. The van der Waals surface area contributed by atoms with E-state index in [0.29, 0.717) is 0 Å². The van der Waals surface area contributed by atoms with Crippen LogP contribution in [0.2, 0.25) is 0 Å². The van der Waals surface area contributed by atoms with Gasteiger partial charge in [0.2, 0.25) is 0 Å². The Balaban J connectivity index is 1.86. The van der Waals surface area contributed by atoms with Gasteiger partial charge in [-0.2, -0.15) is 5.10 Å². The molecule has 0 aliphatic heterocycles. The lowest BCUT2D eigenvalue weighted by Crippen LogP contribution is -1.99. The van der Waals surface area contributed by atoms with Gasteiger partial charge >= 0.3 is 0 Å². The first-order valence-corrected chi connectivity index (χ1v) is 6.66. The van der Waals surface area contributed by atoms with E-state index < -0.39 is 0 Å². The first-order valence-electron chi connectivity index (χ1n) is 6.66. The van der Waals surface area contributed by atoms with E-state index in [1.807, 2.05) is 28.9 Å². The fourth-order valence-corrected chi connectivity index (χ4v) is 1.91. The van der Waals surface area contributed by atoms with Gasteiger partial charge in [-0.05, 0) is 37.1 Å². The Labute approximate surface area is 113 Å². The third-order valence-corrected chi connectivity index (χ3v) is 3.00. The monoisotopic (exact) mass is 260 g/mol. The molecule has 0 radical (unpaired) electrons. The minimum Gasteiger partial charge on any atom is -0.399 e. The van der Waals surface area contributed by atoms with Crippen molar-refractivity contribution >= 4 is 5.69 Å². The summed E-state index contributed by atoms with van der Waals surface area (Å²) in [5, 5.41) is 13.1. The first kappa shape index (κ1) is 13.5. The van der Waals surface area contributed by atoms with Crippen molar-refractivity contribution in [2.45, 2.75) is 32.2 Å². The van der Waals surface area contributed by atoms with E-state index >= 15 is 0 Å². The summed E-state index contributed by atoms with van der Waals surface area (Å²) in [6.45, 7) is 1.15. The second kappa shape index (κ2) is 6.89. The van der Waals surface area contributed by atoms with Gasteiger partial charge in [-0.25, -0.2) is 4.98 Å². The third-order valence-electron chi connectivity index (χ3n) is 3.00. The van der Waals surface area contributed by atoms with Gasteiger partial charge in [-0.3, -0.25) is 4.68 Å². The molecule has 19 heavy (non-hydrogen) atoms. The van der Waals surface area contributed by atoms with Gasteiger partial charge in [0.25, 0.3) is 0 Å². The summed E-state index contributed by atoms with van der Waals surface area (Å²) in [6.07, 6.45) is 5.88. The molecular formula is C14H20N4O. The molecule has 0 bridgehead atoms. The van der Waals surface area contributed by atoms with Gasteiger partial charge in [0, 0.05) is 24.4 Å². The molecule has 2 aromatic rings. The summed E-state index contributed by atoms with van der Waals surface area (Å²) in [5.74, 6) is 0.732. The summed E-state index contributed by atoms with van der Waals surface area (Å²) in [4.78, 5) is 4.30. The quantitative estimate of drug-likeness (QED) is 0.590. The molecule has 0 fully saturated rings. The lowest BCUT2D eigenvalue weighted by molar-refractivity contribution is 0.282. The lowest BCUT2D eigenvalue weighted by Gasteiger charge is -2.00. The smallest absolute Gasteiger partial charge is 0.181 e. The van der Waals surface area contributed by atoms with E-state index in [4.69, 9.17) is 10.8 Å². The summed E-state index contributed by atoms with van der Waals surface area (Å²) >= 11 is 0. The highest BCUT2D eigenvalue weighted by atomic mass is 16.2. The molecule has 0 unspecified atom stereocenters.